The molecule has 1 heterocycles. The molecular weight excluding hydrogens is 612 g/mol. The van der Waals surface area contributed by atoms with Gasteiger partial charge in [-0.3, -0.25) is 4.79 Å². The first kappa shape index (κ1) is 35.9. The standard InChI is InChI=1S/C35H50O12/c1-16-17-8-9-22-32(4)13-19(37)29(35(7,45)23(38)10-11-31(2,3)44)33(32,5)14-24(39)34(22,6)18(17)12-20(25(16)40)46-30-28(43)27(42)26(41)21(15-36)47-30/h8-12,19,21-23,26-30,36-38,40-45H,13-15H2,1-7H3/b11-10+/t19-,21-,22+,23?,26-,27+,28-,29+,30-,32+,33-,34+,35+/m1/s1. The highest BCUT2D eigenvalue weighted by molar-refractivity contribution is 5.95. The average Bonchev–Trinajstić information content (AvgIpc) is 3.19. The number of rotatable bonds is 7. The van der Waals surface area contributed by atoms with Gasteiger partial charge in [-0.05, 0) is 75.0 Å². The van der Waals surface area contributed by atoms with Crippen molar-refractivity contribution < 1.29 is 60.2 Å². The van der Waals surface area contributed by atoms with Crippen LogP contribution in [0, 0.1) is 29.6 Å². The fraction of sp³-hybridized carbons (Fsp3) is 0.686. The van der Waals surface area contributed by atoms with Gasteiger partial charge in [0.25, 0.3) is 0 Å². The first-order valence-corrected chi connectivity index (χ1v) is 16.1. The maximum Gasteiger partial charge on any atom is 0.229 e. The van der Waals surface area contributed by atoms with Gasteiger partial charge in [0, 0.05) is 17.9 Å². The molecule has 1 aromatic carbocycles. The lowest BCUT2D eigenvalue weighted by molar-refractivity contribution is -0.277. The van der Waals surface area contributed by atoms with Crippen molar-refractivity contribution in [1.29, 1.82) is 0 Å². The minimum Gasteiger partial charge on any atom is -0.504 e. The molecule has 0 aromatic heterocycles. The molecule has 12 nitrogen and oxygen atoms in total. The zero-order chi connectivity index (χ0) is 35.2. The van der Waals surface area contributed by atoms with Gasteiger partial charge in [-0.2, -0.15) is 0 Å². The molecule has 1 unspecified atom stereocenters. The summed E-state index contributed by atoms with van der Waals surface area (Å²) in [7, 11) is 0. The lowest BCUT2D eigenvalue weighted by atomic mass is 9.42. The first-order chi connectivity index (χ1) is 21.6. The molecule has 1 aromatic rings. The van der Waals surface area contributed by atoms with Gasteiger partial charge < -0.3 is 55.4 Å². The molecule has 0 amide bonds. The number of carbonyl (C=O) groups excluding carboxylic acids is 1. The van der Waals surface area contributed by atoms with Gasteiger partial charge >= 0.3 is 0 Å². The Morgan fingerprint density at radius 3 is 2.30 bits per heavy atom. The number of benzene rings is 1. The van der Waals surface area contributed by atoms with E-state index in [4.69, 9.17) is 9.47 Å². The van der Waals surface area contributed by atoms with Crippen molar-refractivity contribution in [2.24, 2.45) is 22.7 Å². The van der Waals surface area contributed by atoms with Crippen molar-refractivity contribution in [2.45, 2.75) is 121 Å². The molecule has 0 radical (unpaired) electrons. The van der Waals surface area contributed by atoms with Gasteiger partial charge in [0.1, 0.15) is 36.3 Å². The molecule has 2 saturated carbocycles. The van der Waals surface area contributed by atoms with Crippen LogP contribution in [-0.2, 0) is 14.9 Å². The third kappa shape index (κ3) is 5.28. The van der Waals surface area contributed by atoms with Crippen LogP contribution in [0.1, 0.15) is 71.1 Å². The summed E-state index contributed by atoms with van der Waals surface area (Å²) in [5.41, 5.74) is -4.55. The van der Waals surface area contributed by atoms with E-state index in [0.29, 0.717) is 16.7 Å². The Balaban J connectivity index is 1.56. The second-order valence-corrected chi connectivity index (χ2v) is 15.5. The number of carbonyl (C=O) groups is 1. The minimum atomic E-state index is -1.87. The summed E-state index contributed by atoms with van der Waals surface area (Å²) in [6.45, 7) is 11.1. The number of fused-ring (bicyclic) bond motifs is 5. The molecule has 0 bridgehead atoms. The molecule has 3 aliphatic carbocycles. The van der Waals surface area contributed by atoms with Crippen LogP contribution in [0.2, 0.25) is 0 Å². The molecule has 1 aliphatic heterocycles. The van der Waals surface area contributed by atoms with Crippen molar-refractivity contribution in [3.05, 3.63) is 41.0 Å². The number of ketones is 1. The molecule has 5 rings (SSSR count). The van der Waals surface area contributed by atoms with Crippen molar-refractivity contribution >= 4 is 11.9 Å². The Hall–Kier alpha value is -2.39. The molecule has 0 spiro atoms. The number of aliphatic hydroxyl groups is 8. The highest BCUT2D eigenvalue weighted by atomic mass is 16.7. The van der Waals surface area contributed by atoms with Crippen molar-refractivity contribution in [1.82, 2.24) is 0 Å². The molecule has 3 fully saturated rings. The van der Waals surface area contributed by atoms with E-state index in [9.17, 15) is 50.8 Å². The van der Waals surface area contributed by atoms with Crippen LogP contribution in [0.3, 0.4) is 0 Å². The van der Waals surface area contributed by atoms with E-state index in [0.717, 1.165) is 0 Å². The fourth-order valence-electron chi connectivity index (χ4n) is 9.16. The minimum absolute atomic E-state index is 0.0492. The highest BCUT2D eigenvalue weighted by Gasteiger charge is 2.72. The fourth-order valence-corrected chi connectivity index (χ4v) is 9.16. The largest absolute Gasteiger partial charge is 0.504 e. The molecule has 9 N–H and O–H groups in total. The van der Waals surface area contributed by atoms with Crippen molar-refractivity contribution in [3.8, 4) is 11.5 Å². The maximum atomic E-state index is 14.6. The molecule has 47 heavy (non-hydrogen) atoms. The van der Waals surface area contributed by atoms with Gasteiger partial charge in [-0.15, -0.1) is 0 Å². The van der Waals surface area contributed by atoms with Crippen LogP contribution in [0.5, 0.6) is 11.5 Å². The van der Waals surface area contributed by atoms with E-state index >= 15 is 0 Å². The second-order valence-electron chi connectivity index (χ2n) is 15.5. The first-order valence-electron chi connectivity index (χ1n) is 16.1. The van der Waals surface area contributed by atoms with E-state index in [1.54, 1.807) is 13.8 Å². The zero-order valence-electron chi connectivity index (χ0n) is 28.0. The molecule has 1 saturated heterocycles. The Kier molecular flexibility index (Phi) is 8.86. The highest BCUT2D eigenvalue weighted by Crippen LogP contribution is 2.71. The topological polar surface area (TPSA) is 218 Å². The lowest BCUT2D eigenvalue weighted by Crippen LogP contribution is -2.63. The van der Waals surface area contributed by atoms with Crippen molar-refractivity contribution in [2.75, 3.05) is 6.61 Å². The van der Waals surface area contributed by atoms with Gasteiger partial charge in [0.05, 0.1) is 29.3 Å². The summed E-state index contributed by atoms with van der Waals surface area (Å²) < 4.78 is 11.4. The lowest BCUT2D eigenvalue weighted by Gasteiger charge is -2.60. The molecule has 262 valence electrons. The van der Waals surface area contributed by atoms with E-state index in [2.05, 4.69) is 0 Å². The molecule has 12 heteroatoms. The third-order valence-electron chi connectivity index (χ3n) is 12.0. The molecule has 13 atom stereocenters. The monoisotopic (exact) mass is 662 g/mol. The summed E-state index contributed by atoms with van der Waals surface area (Å²) in [6, 6.07) is 1.50. The summed E-state index contributed by atoms with van der Waals surface area (Å²) in [4.78, 5) is 14.6. The van der Waals surface area contributed by atoms with Crippen LogP contribution in [0.15, 0.2) is 24.3 Å². The predicted octanol–water partition coefficient (Wildman–Crippen LogP) is 0.585. The smallest absolute Gasteiger partial charge is 0.229 e. The van der Waals surface area contributed by atoms with Gasteiger partial charge in [0.2, 0.25) is 6.29 Å². The Morgan fingerprint density at radius 2 is 1.70 bits per heavy atom. The number of hydrogen-bond acceptors (Lipinski definition) is 12. The number of allylic oxidation sites excluding steroid dienone is 1. The number of Topliss-reactive ketones (excluding diaryl/α,β-unsaturated/α-hetero) is 1. The number of phenolic OH excluding ortho intramolecular Hbond substituents is 1. The number of phenols is 1. The van der Waals surface area contributed by atoms with E-state index in [1.807, 2.05) is 26.0 Å². The zero-order valence-corrected chi connectivity index (χ0v) is 28.0. The van der Waals surface area contributed by atoms with Gasteiger partial charge in [-0.1, -0.05) is 38.2 Å². The molecular formula is C35H50O12. The maximum absolute atomic E-state index is 14.6. The number of aromatic hydroxyl groups is 1. The number of hydrogen-bond donors (Lipinski definition) is 9. The third-order valence-corrected chi connectivity index (χ3v) is 12.0. The van der Waals surface area contributed by atoms with E-state index < -0.39 is 88.8 Å². The Bertz CT molecular complexity index is 1460. The summed E-state index contributed by atoms with van der Waals surface area (Å²) >= 11 is 0. The summed E-state index contributed by atoms with van der Waals surface area (Å²) in [6.07, 6.45) is -3.77. The van der Waals surface area contributed by atoms with E-state index in [1.165, 1.54) is 39.0 Å². The Morgan fingerprint density at radius 1 is 1.06 bits per heavy atom. The Labute approximate surface area is 274 Å². The predicted molar refractivity (Wildman–Crippen MR) is 169 cm³/mol. The second kappa shape index (κ2) is 11.6. The summed E-state index contributed by atoms with van der Waals surface area (Å²) in [5.74, 6) is -2.03. The number of ether oxygens (including phenoxy) is 2. The molecule has 4 aliphatic rings. The average molecular weight is 663 g/mol. The van der Waals surface area contributed by atoms with Gasteiger partial charge in [0.15, 0.2) is 11.5 Å². The van der Waals surface area contributed by atoms with Crippen LogP contribution in [0.25, 0.3) is 6.08 Å². The number of aliphatic hydroxyl groups excluding tert-OH is 6. The van der Waals surface area contributed by atoms with Crippen molar-refractivity contribution in [3.63, 3.8) is 0 Å². The normalized spacial score (nSPS) is 42.1. The van der Waals surface area contributed by atoms with Crippen LogP contribution in [0.4, 0.5) is 0 Å². The van der Waals surface area contributed by atoms with Crippen LogP contribution >= 0.6 is 0 Å². The van der Waals surface area contributed by atoms with E-state index in [-0.39, 0.29) is 30.1 Å². The summed E-state index contributed by atoms with van der Waals surface area (Å²) in [5, 5.41) is 96.5. The van der Waals surface area contributed by atoms with Crippen LogP contribution in [-0.4, -0.2) is 112 Å². The van der Waals surface area contributed by atoms with Gasteiger partial charge in [-0.25, -0.2) is 0 Å². The van der Waals surface area contributed by atoms with Crippen LogP contribution < -0.4 is 4.74 Å². The SMILES string of the molecule is Cc1c(O)c(O[C@@H]2O[C@H](CO)[C@@H](O)[C@H](O)[C@H]2O)cc2c1C=C[C@@H]1[C@@]2(C)C(=O)C[C@]2(C)[C@@H]([C@@](C)(O)C(O)/C=C/C(C)(C)O)[C@H](O)C[C@@]12C. The quantitative estimate of drug-likeness (QED) is 0.183.